The molecule has 0 saturated heterocycles. The number of ether oxygens (including phenoxy) is 1. The molecule has 0 fully saturated rings. The maximum Gasteiger partial charge on any atom is 0.280 e. The van der Waals surface area contributed by atoms with E-state index in [0.29, 0.717) is 28.7 Å². The molecule has 0 N–H and O–H groups in total. The predicted molar refractivity (Wildman–Crippen MR) is 125 cm³/mol. The van der Waals surface area contributed by atoms with E-state index in [-0.39, 0.29) is 5.91 Å². The lowest BCUT2D eigenvalue weighted by Gasteiger charge is -2.11. The number of carbonyl (C=O) groups is 1. The topological polar surface area (TPSA) is 41.9 Å². The van der Waals surface area contributed by atoms with Crippen LogP contribution in [0.3, 0.4) is 0 Å². The maximum absolute atomic E-state index is 12.8. The van der Waals surface area contributed by atoms with Crippen molar-refractivity contribution in [1.29, 1.82) is 0 Å². The van der Waals surface area contributed by atoms with Crippen LogP contribution in [0.1, 0.15) is 18.1 Å². The van der Waals surface area contributed by atoms with E-state index in [9.17, 15) is 4.79 Å². The summed E-state index contributed by atoms with van der Waals surface area (Å²) in [5.41, 5.74) is 3.79. The molecule has 1 heterocycles. The van der Waals surface area contributed by atoms with Gasteiger partial charge in [-0.3, -0.25) is 4.79 Å². The fraction of sp³-hybridized carbons (Fsp3) is 0.0833. The lowest BCUT2D eigenvalue weighted by Crippen LogP contribution is -2.21. The third kappa shape index (κ3) is 4.48. The predicted octanol–water partition coefficient (Wildman–Crippen LogP) is 6.49. The van der Waals surface area contributed by atoms with E-state index in [4.69, 9.17) is 16.3 Å². The largest absolute Gasteiger partial charge is 0.487 e. The number of hydrogen-bond acceptors (Lipinski definition) is 3. The van der Waals surface area contributed by atoms with Crippen LogP contribution >= 0.6 is 27.5 Å². The van der Waals surface area contributed by atoms with Gasteiger partial charge in [0.1, 0.15) is 12.4 Å². The van der Waals surface area contributed by atoms with E-state index in [1.54, 1.807) is 12.1 Å². The van der Waals surface area contributed by atoms with E-state index >= 15 is 0 Å². The Balaban J connectivity index is 1.50. The zero-order valence-electron chi connectivity index (χ0n) is 16.2. The van der Waals surface area contributed by atoms with Crippen molar-refractivity contribution in [2.24, 2.45) is 5.10 Å². The summed E-state index contributed by atoms with van der Waals surface area (Å²) in [5.74, 6) is 0.432. The fourth-order valence-corrected chi connectivity index (χ4v) is 3.57. The average Bonchev–Trinajstić information content (AvgIpc) is 3.03. The van der Waals surface area contributed by atoms with Crippen LogP contribution in [0, 0.1) is 0 Å². The summed E-state index contributed by atoms with van der Waals surface area (Å²) in [6.45, 7) is 2.24. The SMILES string of the molecule is CC1=NN(c2ccccc2)C(=O)/C1=C/c1ccc(OCc2ccc(Br)cc2)c(Cl)c1. The lowest BCUT2D eigenvalue weighted by molar-refractivity contribution is -0.114. The maximum atomic E-state index is 12.8. The molecule has 4 rings (SSSR count). The molecule has 0 aliphatic carbocycles. The molecule has 6 heteroatoms. The van der Waals surface area contributed by atoms with Gasteiger partial charge in [-0.05, 0) is 60.5 Å². The van der Waals surface area contributed by atoms with E-state index in [2.05, 4.69) is 21.0 Å². The van der Waals surface area contributed by atoms with Gasteiger partial charge in [0.25, 0.3) is 5.91 Å². The molecule has 0 bridgehead atoms. The number of anilines is 1. The highest BCUT2D eigenvalue weighted by atomic mass is 79.9. The Bertz CT molecular complexity index is 1140. The summed E-state index contributed by atoms with van der Waals surface area (Å²) in [5, 5.41) is 6.30. The number of nitrogens with zero attached hydrogens (tertiary/aromatic N) is 2. The molecule has 3 aromatic carbocycles. The lowest BCUT2D eigenvalue weighted by atomic mass is 10.1. The summed E-state index contributed by atoms with van der Waals surface area (Å²) in [4.78, 5) is 12.8. The Morgan fingerprint density at radius 1 is 1.07 bits per heavy atom. The number of rotatable bonds is 5. The standard InChI is InChI=1S/C24H18BrClN2O2/c1-16-21(24(29)28(27-16)20-5-3-2-4-6-20)13-18-9-12-23(22(26)14-18)30-15-17-7-10-19(25)11-8-17/h2-14H,15H2,1H3/b21-13+. The minimum Gasteiger partial charge on any atom is -0.487 e. The molecule has 0 spiro atoms. The number of benzene rings is 3. The first-order valence-corrected chi connectivity index (χ1v) is 10.5. The minimum atomic E-state index is -0.162. The first-order valence-electron chi connectivity index (χ1n) is 9.35. The van der Waals surface area contributed by atoms with E-state index in [1.807, 2.05) is 73.7 Å². The highest BCUT2D eigenvalue weighted by Gasteiger charge is 2.28. The van der Waals surface area contributed by atoms with Crippen LogP contribution in [0.15, 0.2) is 87.9 Å². The number of para-hydroxylation sites is 1. The highest BCUT2D eigenvalue weighted by molar-refractivity contribution is 9.10. The molecule has 30 heavy (non-hydrogen) atoms. The summed E-state index contributed by atoms with van der Waals surface area (Å²) in [6.07, 6.45) is 1.80. The average molecular weight is 482 g/mol. The Labute approximate surface area is 188 Å². The van der Waals surface area contributed by atoms with E-state index < -0.39 is 0 Å². The number of halogens is 2. The van der Waals surface area contributed by atoms with Crippen molar-refractivity contribution in [3.8, 4) is 5.75 Å². The first-order chi connectivity index (χ1) is 14.5. The number of amides is 1. The van der Waals surface area contributed by atoms with Gasteiger partial charge in [-0.15, -0.1) is 0 Å². The van der Waals surface area contributed by atoms with Gasteiger partial charge in [0, 0.05) is 4.47 Å². The van der Waals surface area contributed by atoms with Gasteiger partial charge in [-0.1, -0.05) is 63.9 Å². The monoisotopic (exact) mass is 480 g/mol. The molecule has 0 radical (unpaired) electrons. The van der Waals surface area contributed by atoms with Crippen LogP contribution in [-0.4, -0.2) is 11.6 Å². The molecule has 4 nitrogen and oxygen atoms in total. The number of carbonyl (C=O) groups excluding carboxylic acids is 1. The smallest absolute Gasteiger partial charge is 0.280 e. The molecule has 1 amide bonds. The summed E-state index contributed by atoms with van der Waals surface area (Å²) in [7, 11) is 0. The van der Waals surface area contributed by atoms with E-state index in [0.717, 1.165) is 21.3 Å². The van der Waals surface area contributed by atoms with Crippen molar-refractivity contribution in [1.82, 2.24) is 0 Å². The summed E-state index contributed by atoms with van der Waals surface area (Å²) < 4.78 is 6.86. The molecule has 3 aromatic rings. The second-order valence-corrected chi connectivity index (χ2v) is 8.12. The molecule has 0 aromatic heterocycles. The van der Waals surface area contributed by atoms with Crippen molar-refractivity contribution in [3.63, 3.8) is 0 Å². The van der Waals surface area contributed by atoms with Gasteiger partial charge < -0.3 is 4.74 Å². The van der Waals surface area contributed by atoms with Crippen molar-refractivity contribution in [2.45, 2.75) is 13.5 Å². The molecule has 0 saturated carbocycles. The Morgan fingerprint density at radius 3 is 2.50 bits per heavy atom. The first kappa shape index (κ1) is 20.4. The van der Waals surface area contributed by atoms with Gasteiger partial charge in [-0.25, -0.2) is 0 Å². The van der Waals surface area contributed by atoms with Gasteiger partial charge >= 0.3 is 0 Å². The molecule has 0 atom stereocenters. The Hall–Kier alpha value is -2.89. The van der Waals surface area contributed by atoms with Crippen LogP contribution in [-0.2, 0) is 11.4 Å². The minimum absolute atomic E-state index is 0.162. The molecule has 1 aliphatic heterocycles. The molecular formula is C24H18BrClN2O2. The quantitative estimate of drug-likeness (QED) is 0.391. The molecule has 150 valence electrons. The van der Waals surface area contributed by atoms with Crippen LogP contribution in [0.4, 0.5) is 5.69 Å². The van der Waals surface area contributed by atoms with Crippen LogP contribution in [0.5, 0.6) is 5.75 Å². The fourth-order valence-electron chi connectivity index (χ4n) is 3.06. The van der Waals surface area contributed by atoms with Crippen LogP contribution in [0.2, 0.25) is 5.02 Å². The van der Waals surface area contributed by atoms with Gasteiger partial charge in [0.2, 0.25) is 0 Å². The highest BCUT2D eigenvalue weighted by Crippen LogP contribution is 2.29. The summed E-state index contributed by atoms with van der Waals surface area (Å²) >= 11 is 9.84. The van der Waals surface area contributed by atoms with Gasteiger partial charge in [0.05, 0.1) is 22.0 Å². The zero-order valence-corrected chi connectivity index (χ0v) is 18.5. The number of hydrogen-bond donors (Lipinski definition) is 0. The number of hydrazone groups is 1. The van der Waals surface area contributed by atoms with Gasteiger partial charge in [0.15, 0.2) is 0 Å². The van der Waals surface area contributed by atoms with Crippen molar-refractivity contribution in [3.05, 3.63) is 99.0 Å². The third-order valence-electron chi connectivity index (χ3n) is 4.64. The third-order valence-corrected chi connectivity index (χ3v) is 5.46. The van der Waals surface area contributed by atoms with Crippen LogP contribution in [0.25, 0.3) is 6.08 Å². The van der Waals surface area contributed by atoms with Crippen molar-refractivity contribution in [2.75, 3.05) is 5.01 Å². The van der Waals surface area contributed by atoms with Crippen LogP contribution < -0.4 is 9.75 Å². The molecule has 0 unspecified atom stereocenters. The van der Waals surface area contributed by atoms with Crippen molar-refractivity contribution < 1.29 is 9.53 Å². The normalized spacial score (nSPS) is 14.9. The second kappa shape index (κ2) is 8.86. The second-order valence-electron chi connectivity index (χ2n) is 6.80. The summed E-state index contributed by atoms with van der Waals surface area (Å²) in [6, 6.07) is 22.8. The zero-order chi connectivity index (χ0) is 21.1. The Kier molecular flexibility index (Phi) is 6.02. The Morgan fingerprint density at radius 2 is 1.80 bits per heavy atom. The van der Waals surface area contributed by atoms with Gasteiger partial charge in [-0.2, -0.15) is 10.1 Å². The van der Waals surface area contributed by atoms with Crippen molar-refractivity contribution >= 4 is 50.9 Å². The molecule has 1 aliphatic rings. The molecular weight excluding hydrogens is 464 g/mol. The van der Waals surface area contributed by atoms with E-state index in [1.165, 1.54) is 5.01 Å².